The summed E-state index contributed by atoms with van der Waals surface area (Å²) >= 11 is 0. The molecule has 1 N–H and O–H groups in total. The molecule has 0 amide bonds. The van der Waals surface area contributed by atoms with Gasteiger partial charge in [-0.2, -0.15) is 0 Å². The molecule has 0 bridgehead atoms. The van der Waals surface area contributed by atoms with Crippen LogP contribution in [0.15, 0.2) is 24.3 Å². The highest BCUT2D eigenvalue weighted by atomic mass is 19.1. The number of rotatable bonds is 7. The molecule has 1 atom stereocenters. The largest absolute Gasteiger partial charge is 0.373 e. The van der Waals surface area contributed by atoms with E-state index in [1.165, 1.54) is 25.3 Å². The summed E-state index contributed by atoms with van der Waals surface area (Å²) in [4.78, 5) is 0. The maximum atomic E-state index is 13.7. The van der Waals surface area contributed by atoms with Crippen LogP contribution in [0.1, 0.15) is 64.0 Å². The Hall–Kier alpha value is -0.930. The number of benzene rings is 1. The molecule has 1 aliphatic carbocycles. The Morgan fingerprint density at radius 3 is 2.62 bits per heavy atom. The van der Waals surface area contributed by atoms with Crippen molar-refractivity contribution in [3.8, 4) is 0 Å². The smallest absolute Gasteiger partial charge is 0.123 e. The fourth-order valence-electron chi connectivity index (χ4n) is 3.54. The summed E-state index contributed by atoms with van der Waals surface area (Å²) in [7, 11) is 0. The highest BCUT2D eigenvalue weighted by molar-refractivity contribution is 5.24. The molecule has 0 aliphatic heterocycles. The normalized spacial score (nSPS) is 19.4. The van der Waals surface area contributed by atoms with E-state index in [-0.39, 0.29) is 17.5 Å². The van der Waals surface area contributed by atoms with Crippen molar-refractivity contribution in [3.63, 3.8) is 0 Å². The van der Waals surface area contributed by atoms with Gasteiger partial charge in [0, 0.05) is 6.61 Å². The van der Waals surface area contributed by atoms with Crippen molar-refractivity contribution in [1.82, 2.24) is 5.32 Å². The summed E-state index contributed by atoms with van der Waals surface area (Å²) in [6, 6.07) is 7.06. The van der Waals surface area contributed by atoms with Crippen molar-refractivity contribution in [2.75, 3.05) is 13.2 Å². The van der Waals surface area contributed by atoms with E-state index < -0.39 is 0 Å². The Morgan fingerprint density at radius 2 is 2.00 bits per heavy atom. The summed E-state index contributed by atoms with van der Waals surface area (Å²) in [5.41, 5.74) is 0.828. The lowest BCUT2D eigenvalue weighted by Crippen LogP contribution is -2.48. The van der Waals surface area contributed by atoms with Gasteiger partial charge in [-0.15, -0.1) is 0 Å². The Labute approximate surface area is 128 Å². The zero-order chi connectivity index (χ0) is 15.1. The highest BCUT2D eigenvalue weighted by Gasteiger charge is 2.41. The minimum atomic E-state index is -0.185. The van der Waals surface area contributed by atoms with Gasteiger partial charge in [0.25, 0.3) is 0 Å². The van der Waals surface area contributed by atoms with Gasteiger partial charge in [0.2, 0.25) is 0 Å². The van der Waals surface area contributed by atoms with E-state index in [0.717, 1.165) is 31.4 Å². The zero-order valence-electron chi connectivity index (χ0n) is 13.3. The van der Waals surface area contributed by atoms with Crippen LogP contribution in [0.4, 0.5) is 4.39 Å². The Bertz CT molecular complexity index is 423. The first-order valence-electron chi connectivity index (χ1n) is 8.34. The molecule has 1 unspecified atom stereocenters. The predicted octanol–water partition coefficient (Wildman–Crippen LogP) is 4.61. The molecule has 1 aliphatic rings. The number of hydrogen-bond acceptors (Lipinski definition) is 2. The van der Waals surface area contributed by atoms with Crippen molar-refractivity contribution in [2.24, 2.45) is 0 Å². The topological polar surface area (TPSA) is 21.3 Å². The average Bonchev–Trinajstić information content (AvgIpc) is 2.49. The fourth-order valence-corrected chi connectivity index (χ4v) is 3.54. The molecule has 0 spiro atoms. The summed E-state index contributed by atoms with van der Waals surface area (Å²) in [6.45, 7) is 5.85. The van der Waals surface area contributed by atoms with Gasteiger partial charge in [-0.05, 0) is 50.4 Å². The van der Waals surface area contributed by atoms with Crippen molar-refractivity contribution in [1.29, 1.82) is 0 Å². The molecule has 1 saturated carbocycles. The lowest BCUT2D eigenvalue weighted by molar-refractivity contribution is -0.0912. The van der Waals surface area contributed by atoms with E-state index >= 15 is 0 Å². The third-order valence-corrected chi connectivity index (χ3v) is 4.44. The van der Waals surface area contributed by atoms with E-state index in [9.17, 15) is 4.39 Å². The predicted molar refractivity (Wildman–Crippen MR) is 84.9 cm³/mol. The maximum absolute atomic E-state index is 13.7. The second kappa shape index (κ2) is 7.90. The van der Waals surface area contributed by atoms with E-state index in [4.69, 9.17) is 4.74 Å². The van der Waals surface area contributed by atoms with Crippen LogP contribution in [0.3, 0.4) is 0 Å². The van der Waals surface area contributed by atoms with E-state index in [2.05, 4.69) is 19.2 Å². The van der Waals surface area contributed by atoms with Gasteiger partial charge in [-0.25, -0.2) is 4.39 Å². The number of ether oxygens (including phenoxy) is 1. The average molecular weight is 293 g/mol. The molecule has 0 heterocycles. The molecule has 0 aromatic heterocycles. The standard InChI is InChI=1S/C18H28FNO/c1-3-13-20-17(15-9-8-10-16(19)14-15)18(21-4-2)11-6-5-7-12-18/h8-10,14,17,20H,3-7,11-13H2,1-2H3. The quantitative estimate of drug-likeness (QED) is 0.793. The number of hydrogen-bond donors (Lipinski definition) is 1. The van der Waals surface area contributed by atoms with Crippen LogP contribution in [0.2, 0.25) is 0 Å². The van der Waals surface area contributed by atoms with Gasteiger partial charge in [0.1, 0.15) is 5.82 Å². The minimum absolute atomic E-state index is 0.0772. The van der Waals surface area contributed by atoms with Crippen LogP contribution in [0.25, 0.3) is 0 Å². The lowest BCUT2D eigenvalue weighted by atomic mass is 9.76. The van der Waals surface area contributed by atoms with Crippen LogP contribution in [-0.4, -0.2) is 18.8 Å². The summed E-state index contributed by atoms with van der Waals surface area (Å²) in [5.74, 6) is -0.168. The van der Waals surface area contributed by atoms with Crippen LogP contribution in [-0.2, 0) is 4.74 Å². The van der Waals surface area contributed by atoms with Gasteiger partial charge in [-0.1, -0.05) is 38.3 Å². The van der Waals surface area contributed by atoms with Crippen molar-refractivity contribution < 1.29 is 9.13 Å². The molecule has 21 heavy (non-hydrogen) atoms. The van der Waals surface area contributed by atoms with Crippen molar-refractivity contribution in [3.05, 3.63) is 35.6 Å². The van der Waals surface area contributed by atoms with Crippen LogP contribution >= 0.6 is 0 Å². The van der Waals surface area contributed by atoms with Crippen molar-refractivity contribution >= 4 is 0 Å². The highest BCUT2D eigenvalue weighted by Crippen LogP contribution is 2.41. The molecule has 1 fully saturated rings. The van der Waals surface area contributed by atoms with Gasteiger partial charge >= 0.3 is 0 Å². The third kappa shape index (κ3) is 4.04. The summed E-state index contributed by atoms with van der Waals surface area (Å²) < 4.78 is 19.9. The second-order valence-corrected chi connectivity index (χ2v) is 6.00. The first-order valence-corrected chi connectivity index (χ1v) is 8.34. The number of nitrogens with one attached hydrogen (secondary N) is 1. The van der Waals surface area contributed by atoms with E-state index in [1.54, 1.807) is 12.1 Å². The molecule has 118 valence electrons. The monoisotopic (exact) mass is 293 g/mol. The molecule has 1 aromatic carbocycles. The molecule has 0 saturated heterocycles. The van der Waals surface area contributed by atoms with Gasteiger partial charge in [-0.3, -0.25) is 0 Å². The first-order chi connectivity index (χ1) is 10.2. The Kier molecular flexibility index (Phi) is 6.19. The molecule has 0 radical (unpaired) electrons. The molecule has 2 rings (SSSR count). The maximum Gasteiger partial charge on any atom is 0.123 e. The van der Waals surface area contributed by atoms with Crippen LogP contribution < -0.4 is 5.32 Å². The van der Waals surface area contributed by atoms with E-state index in [1.807, 2.05) is 6.07 Å². The third-order valence-electron chi connectivity index (χ3n) is 4.44. The van der Waals surface area contributed by atoms with Crippen LogP contribution in [0, 0.1) is 5.82 Å². The fraction of sp³-hybridized carbons (Fsp3) is 0.667. The molecule has 1 aromatic rings. The van der Waals surface area contributed by atoms with Gasteiger partial charge in [0.05, 0.1) is 11.6 Å². The molecular formula is C18H28FNO. The van der Waals surface area contributed by atoms with Crippen LogP contribution in [0.5, 0.6) is 0 Å². The Balaban J connectivity index is 2.31. The van der Waals surface area contributed by atoms with Gasteiger partial charge < -0.3 is 10.1 Å². The van der Waals surface area contributed by atoms with Crippen molar-refractivity contribution in [2.45, 2.75) is 64.0 Å². The molecular weight excluding hydrogens is 265 g/mol. The van der Waals surface area contributed by atoms with E-state index in [0.29, 0.717) is 6.61 Å². The number of halogens is 1. The second-order valence-electron chi connectivity index (χ2n) is 6.00. The lowest BCUT2D eigenvalue weighted by Gasteiger charge is -2.44. The SMILES string of the molecule is CCCNC(c1cccc(F)c1)C1(OCC)CCCCC1. The van der Waals surface area contributed by atoms with Gasteiger partial charge in [0.15, 0.2) is 0 Å². The molecule has 2 nitrogen and oxygen atoms in total. The molecule has 3 heteroatoms. The minimum Gasteiger partial charge on any atom is -0.373 e. The zero-order valence-corrected chi connectivity index (χ0v) is 13.3. The first kappa shape index (κ1) is 16.4. The Morgan fingerprint density at radius 1 is 1.24 bits per heavy atom. The summed E-state index contributed by atoms with van der Waals surface area (Å²) in [5, 5.41) is 3.62. The summed E-state index contributed by atoms with van der Waals surface area (Å²) in [6.07, 6.45) is 6.84.